The number of aliphatic hydroxyl groups excluding tert-OH is 1. The monoisotopic (exact) mass is 530 g/mol. The number of hydrogen-bond donors (Lipinski definition) is 4. The van der Waals surface area contributed by atoms with Crippen molar-refractivity contribution >= 4 is 11.6 Å². The summed E-state index contributed by atoms with van der Waals surface area (Å²) >= 11 is 0. The molecule has 1 heterocycles. The smallest absolute Gasteiger partial charge is 0.246 e. The van der Waals surface area contributed by atoms with Crippen LogP contribution in [0.5, 0.6) is 0 Å². The molecule has 0 aliphatic rings. The van der Waals surface area contributed by atoms with Crippen LogP contribution in [0.2, 0.25) is 0 Å². The molecule has 0 aliphatic heterocycles. The second kappa shape index (κ2) is 13.0. The summed E-state index contributed by atoms with van der Waals surface area (Å²) in [6.45, 7) is 2.03. The first kappa shape index (κ1) is 27.2. The molecule has 1 aromatic heterocycles. The third kappa shape index (κ3) is 6.53. The Balaban J connectivity index is 0.00000408. The molecular weight excluding hydrogens is 500 g/mol. The van der Waals surface area contributed by atoms with Crippen molar-refractivity contribution in [3.8, 4) is 11.1 Å². The second-order valence-electron chi connectivity index (χ2n) is 8.15. The Kier molecular flexibility index (Phi) is 10.4. The molecule has 0 fully saturated rings. The topological polar surface area (TPSA) is 111 Å². The Morgan fingerprint density at radius 2 is 1.76 bits per heavy atom. The summed E-state index contributed by atoms with van der Waals surface area (Å²) in [7, 11) is 1.89. The van der Waals surface area contributed by atoms with Gasteiger partial charge in [-0.15, -0.1) is 0 Å². The molecule has 2 aromatic carbocycles. The molecule has 4 N–H and O–H groups in total. The summed E-state index contributed by atoms with van der Waals surface area (Å²) in [4.78, 5) is 12.0. The van der Waals surface area contributed by atoms with Gasteiger partial charge < -0.3 is 27.3 Å². The van der Waals surface area contributed by atoms with E-state index in [0.29, 0.717) is 25.1 Å². The van der Waals surface area contributed by atoms with E-state index in [0.717, 1.165) is 22.4 Å². The van der Waals surface area contributed by atoms with E-state index in [4.69, 9.17) is 5.21 Å². The van der Waals surface area contributed by atoms with E-state index in [9.17, 15) is 15.1 Å². The third-order valence-corrected chi connectivity index (χ3v) is 6.03. The van der Waals surface area contributed by atoms with Gasteiger partial charge in [-0.25, -0.2) is 14.6 Å². The number of carbonyl (C=O) groups is 1. The van der Waals surface area contributed by atoms with Gasteiger partial charge in [0.25, 0.3) is 0 Å². The van der Waals surface area contributed by atoms with Gasteiger partial charge in [-0.1, -0.05) is 66.7 Å². The van der Waals surface area contributed by atoms with Gasteiger partial charge in [0.2, 0.25) is 12.2 Å². The van der Waals surface area contributed by atoms with Crippen molar-refractivity contribution in [1.82, 2.24) is 10.0 Å². The number of rotatable bonds is 10. The van der Waals surface area contributed by atoms with Crippen LogP contribution in [0.15, 0.2) is 72.3 Å². The fraction of sp³-hybridized carbons (Fsp3) is 0.320. The Morgan fingerprint density at radius 1 is 1.12 bits per heavy atom. The summed E-state index contributed by atoms with van der Waals surface area (Å²) in [5.74, 6) is -1.32. The number of aliphatic hydroxyl groups is 1. The van der Waals surface area contributed by atoms with Crippen LogP contribution in [0, 0.1) is 11.8 Å². The number of hydrogen-bond acceptors (Lipinski definition) is 5. The van der Waals surface area contributed by atoms with Crippen molar-refractivity contribution in [2.75, 3.05) is 6.61 Å². The molecule has 2 atom stereocenters. The zero-order valence-electron chi connectivity index (χ0n) is 19.3. The van der Waals surface area contributed by atoms with Gasteiger partial charge in [0.1, 0.15) is 24.1 Å². The number of hydroxylamine groups is 1. The fourth-order valence-electron chi connectivity index (χ4n) is 4.15. The van der Waals surface area contributed by atoms with E-state index < -0.39 is 11.8 Å². The fourth-order valence-corrected chi connectivity index (χ4v) is 4.15. The van der Waals surface area contributed by atoms with Crippen molar-refractivity contribution in [3.05, 3.63) is 78.4 Å². The van der Waals surface area contributed by atoms with Crippen LogP contribution in [0.25, 0.3) is 11.1 Å². The zero-order chi connectivity index (χ0) is 23.8. The van der Waals surface area contributed by atoms with Crippen molar-refractivity contribution in [3.63, 3.8) is 0 Å². The molecule has 2 unspecified atom stereocenters. The molecule has 0 bridgehead atoms. The molecule has 3 rings (SSSR count). The van der Waals surface area contributed by atoms with Gasteiger partial charge in [0.15, 0.2) is 0 Å². The van der Waals surface area contributed by atoms with E-state index in [2.05, 4.69) is 5.16 Å². The molecule has 8 nitrogen and oxygen atoms in total. The molecule has 0 saturated heterocycles. The Hall–Kier alpha value is -3.01. The van der Waals surface area contributed by atoms with Crippen LogP contribution in [0.1, 0.15) is 24.6 Å². The number of halogens is 1. The van der Waals surface area contributed by atoms with E-state index in [-0.39, 0.29) is 29.5 Å². The minimum Gasteiger partial charge on any atom is -1.00 e. The SMILES string of the molecule is CCC(C(=O)NO)C(CO)Cc1c[n+](C/C(=N\O)c2ccc(-c3ccccc3)cc2)cn1C.[Br-]. The predicted octanol–water partition coefficient (Wildman–Crippen LogP) is -0.455. The Labute approximate surface area is 209 Å². The van der Waals surface area contributed by atoms with Crippen LogP contribution < -0.4 is 27.0 Å². The van der Waals surface area contributed by atoms with Gasteiger partial charge in [0, 0.05) is 30.4 Å². The molecule has 0 spiro atoms. The molecule has 9 heteroatoms. The zero-order valence-corrected chi connectivity index (χ0v) is 20.9. The van der Waals surface area contributed by atoms with Crippen LogP contribution in [-0.2, 0) is 24.8 Å². The number of imidazole rings is 1. The van der Waals surface area contributed by atoms with Crippen LogP contribution >= 0.6 is 0 Å². The lowest BCUT2D eigenvalue weighted by Crippen LogP contribution is -3.00. The van der Waals surface area contributed by atoms with Gasteiger partial charge in [-0.2, -0.15) is 0 Å². The first-order valence-electron chi connectivity index (χ1n) is 11.0. The molecule has 1 amide bonds. The number of nitrogens with one attached hydrogen (secondary N) is 1. The molecule has 0 aliphatic carbocycles. The largest absolute Gasteiger partial charge is 1.00 e. The molecule has 0 radical (unpaired) electrons. The summed E-state index contributed by atoms with van der Waals surface area (Å²) < 4.78 is 3.82. The van der Waals surface area contributed by atoms with Gasteiger partial charge in [-0.3, -0.25) is 10.0 Å². The Bertz CT molecular complexity index is 1080. The van der Waals surface area contributed by atoms with E-state index in [1.165, 1.54) is 0 Å². The average Bonchev–Trinajstić information content (AvgIpc) is 3.21. The summed E-state index contributed by atoms with van der Waals surface area (Å²) in [5.41, 5.74) is 6.14. The normalized spacial score (nSPS) is 13.1. The summed E-state index contributed by atoms with van der Waals surface area (Å²) in [5, 5.41) is 32.0. The molecule has 182 valence electrons. The average molecular weight is 531 g/mol. The van der Waals surface area contributed by atoms with Gasteiger partial charge in [-0.05, 0) is 17.5 Å². The highest BCUT2D eigenvalue weighted by Gasteiger charge is 2.29. The minimum atomic E-state index is -0.499. The second-order valence-corrected chi connectivity index (χ2v) is 8.15. The van der Waals surface area contributed by atoms with Gasteiger partial charge >= 0.3 is 0 Å². The maximum absolute atomic E-state index is 12.0. The van der Waals surface area contributed by atoms with Crippen LogP contribution in [0.4, 0.5) is 0 Å². The highest BCUT2D eigenvalue weighted by Crippen LogP contribution is 2.21. The number of oxime groups is 1. The van der Waals surface area contributed by atoms with Crippen molar-refractivity contribution in [2.24, 2.45) is 24.0 Å². The lowest BCUT2D eigenvalue weighted by Gasteiger charge is -2.21. The number of benzene rings is 2. The molecule has 0 saturated carbocycles. The van der Waals surface area contributed by atoms with E-state index in [1.807, 2.05) is 90.2 Å². The number of amides is 1. The number of aromatic nitrogens is 2. The summed E-state index contributed by atoms with van der Waals surface area (Å²) in [6.07, 6.45) is 4.75. The maximum atomic E-state index is 12.0. The highest BCUT2D eigenvalue weighted by molar-refractivity contribution is 5.99. The molecule has 3 aromatic rings. The summed E-state index contributed by atoms with van der Waals surface area (Å²) in [6, 6.07) is 17.9. The van der Waals surface area contributed by atoms with Crippen LogP contribution in [-0.4, -0.2) is 38.3 Å². The van der Waals surface area contributed by atoms with Gasteiger partial charge in [0.05, 0.1) is 7.05 Å². The lowest BCUT2D eigenvalue weighted by atomic mass is 9.86. The van der Waals surface area contributed by atoms with E-state index >= 15 is 0 Å². The highest BCUT2D eigenvalue weighted by atomic mass is 79.9. The number of nitrogens with zero attached hydrogens (tertiary/aromatic N) is 3. The van der Waals surface area contributed by atoms with E-state index in [1.54, 1.807) is 5.48 Å². The number of carbonyl (C=O) groups excluding carboxylic acids is 1. The van der Waals surface area contributed by atoms with Crippen molar-refractivity contribution < 1.29 is 41.9 Å². The standard InChI is InChI=1S/C25H30N4O4.BrH/c1-3-23(25(31)27-33)21(16-30)13-22-14-29(17-28(22)2)15-24(26-32)20-11-9-19(10-12-20)18-7-5-4-6-8-18;/h4-12,14,17,21,23,30H,3,13,15-16H2,1-2H3,(H2-,27,31,32,33);1H/b26-24+;. The predicted molar refractivity (Wildman–Crippen MR) is 124 cm³/mol. The quantitative estimate of drug-likeness (QED) is 0.0934. The Morgan fingerprint density at radius 3 is 2.32 bits per heavy atom. The first-order valence-corrected chi connectivity index (χ1v) is 11.0. The first-order chi connectivity index (χ1) is 16.0. The molecular formula is C25H31BrN4O4. The third-order valence-electron chi connectivity index (χ3n) is 6.03. The minimum absolute atomic E-state index is 0. The van der Waals surface area contributed by atoms with Crippen LogP contribution in [0.3, 0.4) is 0 Å². The number of aryl methyl sites for hydroxylation is 1. The molecule has 34 heavy (non-hydrogen) atoms. The van der Waals surface area contributed by atoms with Crippen molar-refractivity contribution in [2.45, 2.75) is 26.3 Å². The lowest BCUT2D eigenvalue weighted by molar-refractivity contribution is -0.681. The maximum Gasteiger partial charge on any atom is 0.246 e. The van der Waals surface area contributed by atoms with Crippen molar-refractivity contribution in [1.29, 1.82) is 0 Å².